The Bertz CT molecular complexity index is 516. The van der Waals surface area contributed by atoms with E-state index in [1.165, 1.54) is 11.5 Å². The fourth-order valence-corrected chi connectivity index (χ4v) is 4.47. The third-order valence-corrected chi connectivity index (χ3v) is 5.68. The summed E-state index contributed by atoms with van der Waals surface area (Å²) >= 11 is 3.90. The van der Waals surface area contributed by atoms with Crippen LogP contribution in [0.15, 0.2) is 24.3 Å². The molecule has 0 aromatic heterocycles. The number of hydrogen-bond donors (Lipinski definition) is 2. The van der Waals surface area contributed by atoms with Crippen molar-refractivity contribution >= 4 is 29.4 Å². The van der Waals surface area contributed by atoms with E-state index in [2.05, 4.69) is 17.2 Å². The van der Waals surface area contributed by atoms with Gasteiger partial charge in [0.25, 0.3) is 5.91 Å². The Morgan fingerprint density at radius 3 is 3.10 bits per heavy atom. The van der Waals surface area contributed by atoms with E-state index in [9.17, 15) is 4.79 Å². The van der Waals surface area contributed by atoms with Crippen molar-refractivity contribution in [3.05, 3.63) is 35.4 Å². The fourth-order valence-electron chi connectivity index (χ4n) is 1.85. The van der Waals surface area contributed by atoms with Gasteiger partial charge in [-0.05, 0) is 18.2 Å². The van der Waals surface area contributed by atoms with Gasteiger partial charge >= 0.3 is 0 Å². The summed E-state index contributed by atoms with van der Waals surface area (Å²) < 4.78 is 0. The maximum atomic E-state index is 12.1. The molecule has 2 rings (SSSR count). The molecule has 1 heterocycles. The van der Waals surface area contributed by atoms with Crippen LogP contribution in [0.3, 0.4) is 0 Å². The van der Waals surface area contributed by atoms with Crippen molar-refractivity contribution in [1.82, 2.24) is 5.32 Å². The van der Waals surface area contributed by atoms with E-state index >= 15 is 0 Å². The third kappa shape index (κ3) is 4.78. The van der Waals surface area contributed by atoms with Crippen molar-refractivity contribution in [1.29, 1.82) is 0 Å². The highest BCUT2D eigenvalue weighted by Gasteiger charge is 2.15. The molecule has 5 heteroatoms. The first-order valence-corrected chi connectivity index (χ1v) is 8.76. The molecule has 0 saturated carbocycles. The lowest BCUT2D eigenvalue weighted by Gasteiger charge is -2.21. The maximum Gasteiger partial charge on any atom is 0.251 e. The molecular weight excluding hydrogens is 288 g/mol. The summed E-state index contributed by atoms with van der Waals surface area (Å²) in [6, 6.07) is 7.35. The number of rotatable bonds is 3. The highest BCUT2D eigenvalue weighted by molar-refractivity contribution is 8.06. The van der Waals surface area contributed by atoms with Gasteiger partial charge in [0.2, 0.25) is 0 Å². The van der Waals surface area contributed by atoms with Crippen molar-refractivity contribution in [2.45, 2.75) is 5.25 Å². The van der Waals surface area contributed by atoms with Crippen LogP contribution in [0.25, 0.3) is 0 Å². The highest BCUT2D eigenvalue weighted by atomic mass is 32.2. The summed E-state index contributed by atoms with van der Waals surface area (Å²) in [5.41, 5.74) is 6.83. The Morgan fingerprint density at radius 2 is 2.35 bits per heavy atom. The molecule has 20 heavy (non-hydrogen) atoms. The van der Waals surface area contributed by atoms with Gasteiger partial charge in [-0.3, -0.25) is 4.79 Å². The number of thioether (sulfide) groups is 2. The van der Waals surface area contributed by atoms with Crippen LogP contribution in [0.2, 0.25) is 0 Å². The van der Waals surface area contributed by atoms with Crippen LogP contribution in [-0.4, -0.2) is 41.5 Å². The lowest BCUT2D eigenvalue weighted by Crippen LogP contribution is -2.33. The molecule has 0 spiro atoms. The number of carbonyl (C=O) groups excluding carboxylic acids is 1. The van der Waals surface area contributed by atoms with Crippen LogP contribution < -0.4 is 11.1 Å². The summed E-state index contributed by atoms with van der Waals surface area (Å²) in [4.78, 5) is 12.1. The Kier molecular flexibility index (Phi) is 6.31. The van der Waals surface area contributed by atoms with E-state index in [1.54, 1.807) is 6.07 Å². The van der Waals surface area contributed by atoms with Gasteiger partial charge < -0.3 is 11.1 Å². The molecule has 1 fully saturated rings. The normalized spacial score (nSPS) is 17.9. The summed E-state index contributed by atoms with van der Waals surface area (Å²) in [7, 11) is 0. The molecule has 0 radical (unpaired) electrons. The molecule has 3 N–H and O–H groups in total. The van der Waals surface area contributed by atoms with Crippen molar-refractivity contribution in [2.24, 2.45) is 5.73 Å². The van der Waals surface area contributed by atoms with E-state index in [0.717, 1.165) is 17.9 Å². The number of benzene rings is 1. The average Bonchev–Trinajstić information content (AvgIpc) is 2.52. The van der Waals surface area contributed by atoms with E-state index < -0.39 is 0 Å². The Hall–Kier alpha value is -1.09. The molecular formula is C15H18N2OS2. The summed E-state index contributed by atoms with van der Waals surface area (Å²) in [6.45, 7) is 1.06. The van der Waals surface area contributed by atoms with Gasteiger partial charge in [0.15, 0.2) is 0 Å². The minimum absolute atomic E-state index is 0.0300. The maximum absolute atomic E-state index is 12.1. The average molecular weight is 306 g/mol. The topological polar surface area (TPSA) is 55.1 Å². The van der Waals surface area contributed by atoms with Crippen molar-refractivity contribution in [3.8, 4) is 11.8 Å². The molecule has 0 bridgehead atoms. The minimum atomic E-state index is -0.0300. The molecule has 1 amide bonds. The standard InChI is InChI=1S/C15H18N2OS2/c16-6-2-4-12-3-1-5-13(9-12)15(18)17-10-14-11-19-7-8-20-14/h1,3,5,9,14H,6-8,10-11,16H2,(H,17,18). The number of nitrogens with two attached hydrogens (primary N) is 1. The van der Waals surface area contributed by atoms with Gasteiger partial charge in [-0.1, -0.05) is 17.9 Å². The SMILES string of the molecule is NCC#Cc1cccc(C(=O)NCC2CSCCS2)c1. The van der Waals surface area contributed by atoms with E-state index in [1.807, 2.05) is 41.7 Å². The monoisotopic (exact) mass is 306 g/mol. The number of hydrogen-bond acceptors (Lipinski definition) is 4. The smallest absolute Gasteiger partial charge is 0.251 e. The van der Waals surface area contributed by atoms with E-state index in [4.69, 9.17) is 5.73 Å². The van der Waals surface area contributed by atoms with Crippen LogP contribution in [0.4, 0.5) is 0 Å². The lowest BCUT2D eigenvalue weighted by atomic mass is 10.1. The van der Waals surface area contributed by atoms with Crippen molar-refractivity contribution in [2.75, 3.05) is 30.3 Å². The zero-order chi connectivity index (χ0) is 14.2. The minimum Gasteiger partial charge on any atom is -0.351 e. The molecule has 1 atom stereocenters. The first kappa shape index (κ1) is 15.3. The Labute approximate surface area is 128 Å². The zero-order valence-corrected chi connectivity index (χ0v) is 12.9. The van der Waals surface area contributed by atoms with E-state index in [0.29, 0.717) is 17.4 Å². The van der Waals surface area contributed by atoms with Gasteiger partial charge in [-0.15, -0.1) is 0 Å². The first-order valence-electron chi connectivity index (χ1n) is 6.56. The molecule has 1 aromatic carbocycles. The molecule has 3 nitrogen and oxygen atoms in total. The van der Waals surface area contributed by atoms with Crippen molar-refractivity contribution in [3.63, 3.8) is 0 Å². The van der Waals surface area contributed by atoms with Crippen LogP contribution in [0.1, 0.15) is 15.9 Å². The second-order valence-corrected chi connectivity index (χ2v) is 6.92. The molecule has 0 aliphatic carbocycles. The van der Waals surface area contributed by atoms with Gasteiger partial charge in [-0.25, -0.2) is 0 Å². The van der Waals surface area contributed by atoms with Crippen LogP contribution >= 0.6 is 23.5 Å². The lowest BCUT2D eigenvalue weighted by molar-refractivity contribution is 0.0954. The van der Waals surface area contributed by atoms with E-state index in [-0.39, 0.29) is 5.91 Å². The summed E-state index contributed by atoms with van der Waals surface area (Å²) in [5.74, 6) is 9.22. The molecule has 1 saturated heterocycles. The van der Waals surface area contributed by atoms with Gasteiger partial charge in [0, 0.05) is 40.2 Å². The molecule has 1 aromatic rings. The quantitative estimate of drug-likeness (QED) is 0.833. The molecule has 106 valence electrons. The highest BCUT2D eigenvalue weighted by Crippen LogP contribution is 2.23. The number of carbonyl (C=O) groups is 1. The van der Waals surface area contributed by atoms with Crippen LogP contribution in [-0.2, 0) is 0 Å². The van der Waals surface area contributed by atoms with Crippen molar-refractivity contribution < 1.29 is 4.79 Å². The predicted octanol–water partition coefficient (Wildman–Crippen LogP) is 1.58. The van der Waals surface area contributed by atoms with Gasteiger partial charge in [0.1, 0.15) is 0 Å². The second kappa shape index (κ2) is 8.25. The van der Waals surface area contributed by atoms with Crippen LogP contribution in [0.5, 0.6) is 0 Å². The van der Waals surface area contributed by atoms with Gasteiger partial charge in [0.05, 0.1) is 6.54 Å². The molecule has 1 aliphatic rings. The predicted molar refractivity (Wildman–Crippen MR) is 88.3 cm³/mol. The van der Waals surface area contributed by atoms with Crippen LogP contribution in [0, 0.1) is 11.8 Å². The Morgan fingerprint density at radius 1 is 1.45 bits per heavy atom. The summed E-state index contributed by atoms with van der Waals surface area (Å²) in [5, 5.41) is 3.53. The molecule has 1 unspecified atom stereocenters. The zero-order valence-electron chi connectivity index (χ0n) is 11.2. The largest absolute Gasteiger partial charge is 0.351 e. The third-order valence-electron chi connectivity index (χ3n) is 2.83. The second-order valence-electron chi connectivity index (χ2n) is 4.36. The summed E-state index contributed by atoms with van der Waals surface area (Å²) in [6.07, 6.45) is 0. The number of nitrogens with one attached hydrogen (secondary N) is 1. The first-order chi connectivity index (χ1) is 9.79. The Balaban J connectivity index is 1.91. The number of amides is 1. The fraction of sp³-hybridized carbons (Fsp3) is 0.400. The van der Waals surface area contributed by atoms with Gasteiger partial charge in [-0.2, -0.15) is 23.5 Å². The molecule has 1 aliphatic heterocycles.